The molecule has 0 fully saturated rings. The minimum atomic E-state index is -0.933. The Labute approximate surface area is 122 Å². The van der Waals surface area contributed by atoms with Crippen LogP contribution in [0.4, 0.5) is 8.78 Å². The maximum Gasteiger partial charge on any atom is 0.222 e. The van der Waals surface area contributed by atoms with Crippen LogP contribution in [0.15, 0.2) is 18.2 Å². The Hall–Kier alpha value is -1.95. The van der Waals surface area contributed by atoms with E-state index in [1.165, 1.54) is 6.07 Å². The highest BCUT2D eigenvalue weighted by Gasteiger charge is 2.16. The van der Waals surface area contributed by atoms with E-state index in [0.29, 0.717) is 12.4 Å². The molecule has 1 heterocycles. The van der Waals surface area contributed by atoms with Gasteiger partial charge >= 0.3 is 0 Å². The lowest BCUT2D eigenvalue weighted by Gasteiger charge is -2.09. The molecule has 6 heteroatoms. The Kier molecular flexibility index (Phi) is 4.90. The Balaban J connectivity index is 2.23. The van der Waals surface area contributed by atoms with Gasteiger partial charge in [0, 0.05) is 19.7 Å². The van der Waals surface area contributed by atoms with Crippen LogP contribution >= 0.6 is 0 Å². The minimum absolute atomic E-state index is 0.244. The first-order chi connectivity index (χ1) is 10.0. The van der Waals surface area contributed by atoms with Crippen molar-refractivity contribution in [1.82, 2.24) is 15.1 Å². The number of hydrogen-bond donors (Lipinski definition) is 1. The summed E-state index contributed by atoms with van der Waals surface area (Å²) < 4.78 is 33.5. The fourth-order valence-electron chi connectivity index (χ4n) is 2.05. The van der Waals surface area contributed by atoms with Crippen molar-refractivity contribution in [2.75, 3.05) is 6.54 Å². The van der Waals surface area contributed by atoms with Crippen LogP contribution in [0.1, 0.15) is 24.6 Å². The second-order valence-corrected chi connectivity index (χ2v) is 4.85. The molecule has 0 aliphatic carbocycles. The zero-order chi connectivity index (χ0) is 15.4. The van der Waals surface area contributed by atoms with E-state index in [9.17, 15) is 8.78 Å². The molecule has 0 saturated heterocycles. The topological polar surface area (TPSA) is 39.1 Å². The third-order valence-electron chi connectivity index (χ3n) is 3.12. The number of rotatable bonds is 6. The fraction of sp³-hybridized carbons (Fsp3) is 0.400. The number of aromatic nitrogens is 2. The van der Waals surface area contributed by atoms with Gasteiger partial charge in [-0.15, -0.1) is 0 Å². The lowest BCUT2D eigenvalue weighted by Crippen LogP contribution is -2.14. The molecule has 114 valence electrons. The van der Waals surface area contributed by atoms with E-state index in [0.717, 1.165) is 36.4 Å². The molecule has 4 nitrogen and oxygen atoms in total. The predicted molar refractivity (Wildman–Crippen MR) is 76.4 cm³/mol. The Morgan fingerprint density at radius 3 is 2.71 bits per heavy atom. The number of halogens is 2. The van der Waals surface area contributed by atoms with Crippen LogP contribution in [-0.2, 0) is 13.6 Å². The summed E-state index contributed by atoms with van der Waals surface area (Å²) in [6.45, 7) is 5.48. The van der Waals surface area contributed by atoms with E-state index in [1.807, 2.05) is 6.92 Å². The Bertz CT molecular complexity index is 626. The smallest absolute Gasteiger partial charge is 0.222 e. The molecule has 2 rings (SSSR count). The van der Waals surface area contributed by atoms with Crippen LogP contribution in [-0.4, -0.2) is 16.3 Å². The first kappa shape index (κ1) is 15.4. The summed E-state index contributed by atoms with van der Waals surface area (Å²) in [4.78, 5) is 0. The molecular weight excluding hydrogens is 276 g/mol. The van der Waals surface area contributed by atoms with Gasteiger partial charge in [0.1, 0.15) is 5.75 Å². The molecule has 0 amide bonds. The summed E-state index contributed by atoms with van der Waals surface area (Å²) >= 11 is 0. The molecule has 0 bridgehead atoms. The number of nitrogens with one attached hydrogen (secondary N) is 1. The molecule has 2 aromatic rings. The highest BCUT2D eigenvalue weighted by Crippen LogP contribution is 2.28. The Morgan fingerprint density at radius 2 is 2.05 bits per heavy atom. The standard InChI is InChI=1S/C15H19F2N3O/c1-4-7-18-9-12-10(2)19-20(3)15(12)21-11-5-6-13(16)14(17)8-11/h5-6,8,18H,4,7,9H2,1-3H3. The van der Waals surface area contributed by atoms with Gasteiger partial charge in [-0.3, -0.25) is 0 Å². The van der Waals surface area contributed by atoms with E-state index >= 15 is 0 Å². The van der Waals surface area contributed by atoms with Gasteiger partial charge in [0.05, 0.1) is 11.3 Å². The average molecular weight is 295 g/mol. The number of hydrogen-bond acceptors (Lipinski definition) is 3. The second-order valence-electron chi connectivity index (χ2n) is 4.85. The molecule has 0 saturated carbocycles. The van der Waals surface area contributed by atoms with Crippen LogP contribution in [0.2, 0.25) is 0 Å². The quantitative estimate of drug-likeness (QED) is 0.831. The molecule has 1 aromatic carbocycles. The second kappa shape index (κ2) is 6.67. The van der Waals surface area contributed by atoms with Crippen LogP contribution in [0.5, 0.6) is 11.6 Å². The van der Waals surface area contributed by atoms with E-state index in [1.54, 1.807) is 11.7 Å². The summed E-state index contributed by atoms with van der Waals surface area (Å²) in [6, 6.07) is 3.47. The largest absolute Gasteiger partial charge is 0.439 e. The average Bonchev–Trinajstić information content (AvgIpc) is 2.70. The first-order valence-corrected chi connectivity index (χ1v) is 6.89. The van der Waals surface area contributed by atoms with Crippen molar-refractivity contribution in [2.24, 2.45) is 7.05 Å². The lowest BCUT2D eigenvalue weighted by molar-refractivity contribution is 0.416. The Morgan fingerprint density at radius 1 is 1.29 bits per heavy atom. The molecule has 0 atom stereocenters. The van der Waals surface area contributed by atoms with Crippen molar-refractivity contribution in [3.8, 4) is 11.6 Å². The van der Waals surface area contributed by atoms with Gasteiger partial charge in [-0.05, 0) is 32.0 Å². The normalized spacial score (nSPS) is 10.9. The highest BCUT2D eigenvalue weighted by molar-refractivity contribution is 5.36. The SMILES string of the molecule is CCCNCc1c(C)nn(C)c1Oc1ccc(F)c(F)c1. The fourth-order valence-corrected chi connectivity index (χ4v) is 2.05. The predicted octanol–water partition coefficient (Wildman–Crippen LogP) is 3.30. The number of ether oxygens (including phenoxy) is 1. The van der Waals surface area contributed by atoms with Crippen molar-refractivity contribution in [3.63, 3.8) is 0 Å². The monoisotopic (exact) mass is 295 g/mol. The highest BCUT2D eigenvalue weighted by atomic mass is 19.2. The van der Waals surface area contributed by atoms with Gasteiger partial charge in [0.2, 0.25) is 5.88 Å². The first-order valence-electron chi connectivity index (χ1n) is 6.89. The molecular formula is C15H19F2N3O. The van der Waals surface area contributed by atoms with E-state index in [-0.39, 0.29) is 5.75 Å². The zero-order valence-corrected chi connectivity index (χ0v) is 12.4. The van der Waals surface area contributed by atoms with Crippen LogP contribution < -0.4 is 10.1 Å². The van der Waals surface area contributed by atoms with Crippen molar-refractivity contribution in [2.45, 2.75) is 26.8 Å². The maximum atomic E-state index is 13.2. The summed E-state index contributed by atoms with van der Waals surface area (Å²) in [5.74, 6) is -1.05. The van der Waals surface area contributed by atoms with Crippen LogP contribution in [0, 0.1) is 18.6 Å². The van der Waals surface area contributed by atoms with Crippen molar-refractivity contribution in [1.29, 1.82) is 0 Å². The molecule has 0 aliphatic rings. The molecule has 0 aliphatic heterocycles. The summed E-state index contributed by atoms with van der Waals surface area (Å²) in [5.41, 5.74) is 1.76. The van der Waals surface area contributed by atoms with Gasteiger partial charge in [0.25, 0.3) is 0 Å². The molecule has 1 aromatic heterocycles. The summed E-state index contributed by atoms with van der Waals surface area (Å²) in [7, 11) is 1.76. The summed E-state index contributed by atoms with van der Waals surface area (Å²) in [6.07, 6.45) is 1.03. The molecule has 0 spiro atoms. The van der Waals surface area contributed by atoms with Crippen molar-refractivity contribution >= 4 is 0 Å². The van der Waals surface area contributed by atoms with Crippen molar-refractivity contribution in [3.05, 3.63) is 41.1 Å². The molecule has 21 heavy (non-hydrogen) atoms. The van der Waals surface area contributed by atoms with Gasteiger partial charge in [-0.1, -0.05) is 6.92 Å². The molecule has 0 radical (unpaired) electrons. The van der Waals surface area contributed by atoms with Gasteiger partial charge < -0.3 is 10.1 Å². The van der Waals surface area contributed by atoms with E-state index in [4.69, 9.17) is 4.74 Å². The van der Waals surface area contributed by atoms with Crippen molar-refractivity contribution < 1.29 is 13.5 Å². The lowest BCUT2D eigenvalue weighted by atomic mass is 10.2. The molecule has 0 unspecified atom stereocenters. The molecule has 1 N–H and O–H groups in total. The maximum absolute atomic E-state index is 13.2. The number of nitrogens with zero attached hydrogens (tertiary/aromatic N) is 2. The van der Waals surface area contributed by atoms with E-state index < -0.39 is 11.6 Å². The minimum Gasteiger partial charge on any atom is -0.439 e. The third kappa shape index (κ3) is 3.58. The number of benzene rings is 1. The van der Waals surface area contributed by atoms with Gasteiger partial charge in [0.15, 0.2) is 11.6 Å². The van der Waals surface area contributed by atoms with Crippen LogP contribution in [0.25, 0.3) is 0 Å². The van der Waals surface area contributed by atoms with E-state index in [2.05, 4.69) is 17.3 Å². The van der Waals surface area contributed by atoms with Crippen LogP contribution in [0.3, 0.4) is 0 Å². The third-order valence-corrected chi connectivity index (χ3v) is 3.12. The summed E-state index contributed by atoms with van der Waals surface area (Å²) in [5, 5.41) is 7.59. The van der Waals surface area contributed by atoms with Gasteiger partial charge in [-0.25, -0.2) is 13.5 Å². The zero-order valence-electron chi connectivity index (χ0n) is 12.4. The number of aryl methyl sites for hydroxylation is 2. The van der Waals surface area contributed by atoms with Gasteiger partial charge in [-0.2, -0.15) is 5.10 Å².